The first kappa shape index (κ1) is 10.2. The Morgan fingerprint density at radius 1 is 1.20 bits per heavy atom. The van der Waals surface area contributed by atoms with Crippen molar-refractivity contribution in [2.24, 2.45) is 5.92 Å². The van der Waals surface area contributed by atoms with E-state index >= 15 is 0 Å². The van der Waals surface area contributed by atoms with Gasteiger partial charge in [-0.1, -0.05) is 44.2 Å². The fourth-order valence-electron chi connectivity index (χ4n) is 1.53. The molecule has 0 radical (unpaired) electrons. The van der Waals surface area contributed by atoms with Crippen molar-refractivity contribution in [2.45, 2.75) is 26.2 Å². The maximum absolute atomic E-state index is 11.5. The monoisotopic (exact) mass is 206 g/mol. The number of cyclic esters (lactones) is 1. The predicted octanol–water partition coefficient (Wildman–Crippen LogP) is 2.28. The molecule has 1 saturated heterocycles. The Labute approximate surface area is 89.0 Å². The van der Waals surface area contributed by atoms with Gasteiger partial charge in [0.2, 0.25) is 6.29 Å². The van der Waals surface area contributed by atoms with Crippen molar-refractivity contribution in [3.63, 3.8) is 0 Å². The standard InChI is InChI=1S/C12H14O3/c1-8(2)12-14-10(11(13)15-12)9-6-4-3-5-7-9/h3-8,10,12H,1-2H3/t10-,12-/m1/s1. The van der Waals surface area contributed by atoms with Crippen molar-refractivity contribution in [3.05, 3.63) is 35.9 Å². The van der Waals surface area contributed by atoms with Crippen LogP contribution >= 0.6 is 0 Å². The Kier molecular flexibility index (Phi) is 2.73. The Bertz CT molecular complexity index is 345. The van der Waals surface area contributed by atoms with Crippen LogP contribution in [0, 0.1) is 5.92 Å². The molecule has 1 aliphatic heterocycles. The van der Waals surface area contributed by atoms with E-state index in [1.54, 1.807) is 0 Å². The van der Waals surface area contributed by atoms with Crippen molar-refractivity contribution in [1.29, 1.82) is 0 Å². The van der Waals surface area contributed by atoms with Gasteiger partial charge in [0.25, 0.3) is 0 Å². The van der Waals surface area contributed by atoms with E-state index in [1.165, 1.54) is 0 Å². The van der Waals surface area contributed by atoms with Crippen molar-refractivity contribution < 1.29 is 14.3 Å². The molecule has 1 aromatic rings. The topological polar surface area (TPSA) is 35.5 Å². The molecule has 1 heterocycles. The number of hydrogen-bond acceptors (Lipinski definition) is 3. The minimum Gasteiger partial charge on any atom is -0.433 e. The van der Waals surface area contributed by atoms with Gasteiger partial charge in [0.05, 0.1) is 0 Å². The summed E-state index contributed by atoms with van der Waals surface area (Å²) in [6.45, 7) is 3.93. The Balaban J connectivity index is 2.16. The molecule has 0 bridgehead atoms. The Morgan fingerprint density at radius 2 is 1.87 bits per heavy atom. The number of carbonyl (C=O) groups excluding carboxylic acids is 1. The molecule has 80 valence electrons. The van der Waals surface area contributed by atoms with Gasteiger partial charge in [-0.3, -0.25) is 0 Å². The van der Waals surface area contributed by atoms with Gasteiger partial charge in [-0.25, -0.2) is 4.79 Å². The van der Waals surface area contributed by atoms with Crippen LogP contribution in [-0.4, -0.2) is 12.3 Å². The van der Waals surface area contributed by atoms with Gasteiger partial charge in [-0.05, 0) is 5.56 Å². The molecule has 1 aliphatic rings. The summed E-state index contributed by atoms with van der Waals surface area (Å²) in [5, 5.41) is 0. The average Bonchev–Trinajstić information content (AvgIpc) is 2.62. The summed E-state index contributed by atoms with van der Waals surface area (Å²) in [6, 6.07) is 9.41. The van der Waals surface area contributed by atoms with Crippen LogP contribution < -0.4 is 0 Å². The van der Waals surface area contributed by atoms with Gasteiger partial charge in [0.1, 0.15) is 0 Å². The van der Waals surface area contributed by atoms with E-state index in [1.807, 2.05) is 44.2 Å². The van der Waals surface area contributed by atoms with E-state index in [4.69, 9.17) is 9.47 Å². The van der Waals surface area contributed by atoms with Crippen LogP contribution in [0.25, 0.3) is 0 Å². The maximum atomic E-state index is 11.5. The summed E-state index contributed by atoms with van der Waals surface area (Å²) in [5.41, 5.74) is 0.852. The molecule has 0 N–H and O–H groups in total. The molecule has 0 amide bonds. The normalized spacial score (nSPS) is 25.7. The number of benzene rings is 1. The number of carbonyl (C=O) groups is 1. The van der Waals surface area contributed by atoms with Crippen molar-refractivity contribution >= 4 is 5.97 Å². The summed E-state index contributed by atoms with van der Waals surface area (Å²) < 4.78 is 10.7. The molecular formula is C12H14O3. The van der Waals surface area contributed by atoms with E-state index in [-0.39, 0.29) is 11.9 Å². The van der Waals surface area contributed by atoms with Gasteiger partial charge in [0, 0.05) is 5.92 Å². The second-order valence-electron chi connectivity index (χ2n) is 3.98. The molecule has 0 saturated carbocycles. The molecule has 0 unspecified atom stereocenters. The summed E-state index contributed by atoms with van der Waals surface area (Å²) in [5.74, 6) is -0.109. The highest BCUT2D eigenvalue weighted by molar-refractivity contribution is 5.78. The Morgan fingerprint density at radius 3 is 2.40 bits per heavy atom. The summed E-state index contributed by atoms with van der Waals surface area (Å²) in [4.78, 5) is 11.5. The average molecular weight is 206 g/mol. The van der Waals surface area contributed by atoms with E-state index in [0.717, 1.165) is 5.56 Å². The molecule has 0 aromatic heterocycles. The first-order chi connectivity index (χ1) is 7.18. The van der Waals surface area contributed by atoms with Crippen LogP contribution in [0.5, 0.6) is 0 Å². The molecule has 0 spiro atoms. The number of rotatable bonds is 2. The van der Waals surface area contributed by atoms with E-state index in [9.17, 15) is 4.79 Å². The van der Waals surface area contributed by atoms with Gasteiger partial charge in [-0.2, -0.15) is 0 Å². The molecule has 15 heavy (non-hydrogen) atoms. The molecule has 1 aromatic carbocycles. The molecule has 2 rings (SSSR count). The zero-order valence-electron chi connectivity index (χ0n) is 8.84. The van der Waals surface area contributed by atoms with Crippen molar-refractivity contribution in [3.8, 4) is 0 Å². The third kappa shape index (κ3) is 2.02. The first-order valence-corrected chi connectivity index (χ1v) is 5.09. The van der Waals surface area contributed by atoms with Crippen molar-refractivity contribution in [2.75, 3.05) is 0 Å². The van der Waals surface area contributed by atoms with Gasteiger partial charge in [0.15, 0.2) is 6.10 Å². The minimum absolute atomic E-state index is 0.183. The SMILES string of the molecule is CC(C)[C@H]1OC(=O)[C@@H](c2ccccc2)O1. The number of esters is 1. The smallest absolute Gasteiger partial charge is 0.342 e. The fourth-order valence-corrected chi connectivity index (χ4v) is 1.53. The lowest BCUT2D eigenvalue weighted by molar-refractivity contribution is -0.146. The highest BCUT2D eigenvalue weighted by atomic mass is 16.8. The van der Waals surface area contributed by atoms with Gasteiger partial charge < -0.3 is 9.47 Å². The minimum atomic E-state index is -0.557. The quantitative estimate of drug-likeness (QED) is 0.696. The van der Waals surface area contributed by atoms with Gasteiger partial charge in [-0.15, -0.1) is 0 Å². The number of ether oxygens (including phenoxy) is 2. The van der Waals surface area contributed by atoms with E-state index in [2.05, 4.69) is 0 Å². The van der Waals surface area contributed by atoms with E-state index < -0.39 is 12.4 Å². The molecule has 3 heteroatoms. The van der Waals surface area contributed by atoms with Crippen LogP contribution in [0.2, 0.25) is 0 Å². The lowest BCUT2D eigenvalue weighted by Gasteiger charge is -2.12. The Hall–Kier alpha value is -1.35. The molecule has 1 fully saturated rings. The van der Waals surface area contributed by atoms with Crippen molar-refractivity contribution in [1.82, 2.24) is 0 Å². The van der Waals surface area contributed by atoms with Gasteiger partial charge >= 0.3 is 5.97 Å². The lowest BCUT2D eigenvalue weighted by atomic mass is 10.1. The van der Waals surface area contributed by atoms with Crippen LogP contribution in [-0.2, 0) is 14.3 Å². The molecule has 3 nitrogen and oxygen atoms in total. The van der Waals surface area contributed by atoms with Crippen LogP contribution in [0.3, 0.4) is 0 Å². The number of hydrogen-bond donors (Lipinski definition) is 0. The highest BCUT2D eigenvalue weighted by Crippen LogP contribution is 2.30. The van der Waals surface area contributed by atoms with Crippen LogP contribution in [0.15, 0.2) is 30.3 Å². The highest BCUT2D eigenvalue weighted by Gasteiger charge is 2.37. The van der Waals surface area contributed by atoms with Crippen LogP contribution in [0.4, 0.5) is 0 Å². The lowest BCUT2D eigenvalue weighted by Crippen LogP contribution is -2.15. The fraction of sp³-hybridized carbons (Fsp3) is 0.417. The molecule has 2 atom stereocenters. The summed E-state index contributed by atoms with van der Waals surface area (Å²) in [7, 11) is 0. The third-order valence-corrected chi connectivity index (χ3v) is 2.36. The zero-order valence-corrected chi connectivity index (χ0v) is 8.84. The first-order valence-electron chi connectivity index (χ1n) is 5.09. The largest absolute Gasteiger partial charge is 0.433 e. The molecule has 0 aliphatic carbocycles. The van der Waals surface area contributed by atoms with E-state index in [0.29, 0.717) is 0 Å². The summed E-state index contributed by atoms with van der Waals surface area (Å²) in [6.07, 6.45) is -0.971. The summed E-state index contributed by atoms with van der Waals surface area (Å²) >= 11 is 0. The molecular weight excluding hydrogens is 192 g/mol. The predicted molar refractivity (Wildman–Crippen MR) is 55.0 cm³/mol. The third-order valence-electron chi connectivity index (χ3n) is 2.36. The maximum Gasteiger partial charge on any atom is 0.342 e. The zero-order chi connectivity index (χ0) is 10.8. The second kappa shape index (κ2) is 4.03. The second-order valence-corrected chi connectivity index (χ2v) is 3.98. The van der Waals surface area contributed by atoms with Crippen LogP contribution in [0.1, 0.15) is 25.5 Å².